The van der Waals surface area contributed by atoms with Gasteiger partial charge in [0.05, 0.1) is 12.1 Å². The predicted molar refractivity (Wildman–Crippen MR) is 50.2 cm³/mol. The number of rotatable bonds is 3. The summed E-state index contributed by atoms with van der Waals surface area (Å²) < 4.78 is 0. The maximum Gasteiger partial charge on any atom is 0.0625 e. The number of nitrogens with zero attached hydrogens (tertiary/aromatic N) is 1. The first-order chi connectivity index (χ1) is 5.72. The molecule has 0 aliphatic carbocycles. The molecule has 0 radical (unpaired) electrons. The zero-order valence-electron chi connectivity index (χ0n) is 8.14. The summed E-state index contributed by atoms with van der Waals surface area (Å²) in [5.74, 6) is 0. The van der Waals surface area contributed by atoms with Crippen LogP contribution in [0.25, 0.3) is 0 Å². The van der Waals surface area contributed by atoms with E-state index in [1.807, 2.05) is 0 Å². The number of hydrogen-bond donors (Lipinski definition) is 2. The Bertz CT molecular complexity index is 136. The molecule has 3 heteroatoms. The van der Waals surface area contributed by atoms with Gasteiger partial charge in [-0.25, -0.2) is 0 Å². The zero-order chi connectivity index (χ0) is 9.03. The summed E-state index contributed by atoms with van der Waals surface area (Å²) in [6.07, 6.45) is 2.28. The molecule has 1 aliphatic heterocycles. The van der Waals surface area contributed by atoms with Crippen LogP contribution in [0.15, 0.2) is 0 Å². The van der Waals surface area contributed by atoms with Crippen molar-refractivity contribution in [3.8, 4) is 0 Å². The van der Waals surface area contributed by atoms with E-state index in [1.54, 1.807) is 0 Å². The summed E-state index contributed by atoms with van der Waals surface area (Å²) >= 11 is 0. The summed E-state index contributed by atoms with van der Waals surface area (Å²) in [5.41, 5.74) is -0.0260. The van der Waals surface area contributed by atoms with Gasteiger partial charge in [-0.2, -0.15) is 0 Å². The van der Waals surface area contributed by atoms with E-state index in [9.17, 15) is 5.11 Å². The average molecular weight is 172 g/mol. The van der Waals surface area contributed by atoms with Crippen LogP contribution >= 0.6 is 0 Å². The molecule has 72 valence electrons. The first-order valence-corrected chi connectivity index (χ1v) is 4.77. The lowest BCUT2D eigenvalue weighted by molar-refractivity contribution is 0.0817. The topological polar surface area (TPSA) is 35.5 Å². The molecule has 0 aromatic rings. The second-order valence-electron chi connectivity index (χ2n) is 3.81. The molecule has 1 rings (SSSR count). The van der Waals surface area contributed by atoms with Crippen LogP contribution in [-0.4, -0.2) is 48.8 Å². The molecule has 1 fully saturated rings. The SMILES string of the molecule is CCNC1(CO)CCCN(C)C1. The third-order valence-corrected chi connectivity index (χ3v) is 2.62. The van der Waals surface area contributed by atoms with Crippen molar-refractivity contribution < 1.29 is 5.11 Å². The lowest BCUT2D eigenvalue weighted by Gasteiger charge is -2.40. The predicted octanol–water partition coefficient (Wildman–Crippen LogP) is 0.0526. The van der Waals surface area contributed by atoms with Crippen LogP contribution in [0.2, 0.25) is 0 Å². The molecule has 0 amide bonds. The molecule has 1 atom stereocenters. The summed E-state index contributed by atoms with van der Waals surface area (Å²) in [6, 6.07) is 0. The lowest BCUT2D eigenvalue weighted by Crippen LogP contribution is -2.58. The smallest absolute Gasteiger partial charge is 0.0625 e. The van der Waals surface area contributed by atoms with Gasteiger partial charge in [0.1, 0.15) is 0 Å². The van der Waals surface area contributed by atoms with Gasteiger partial charge in [0.25, 0.3) is 0 Å². The second kappa shape index (κ2) is 4.21. The lowest BCUT2D eigenvalue weighted by atomic mass is 9.90. The van der Waals surface area contributed by atoms with Gasteiger partial charge in [0.15, 0.2) is 0 Å². The van der Waals surface area contributed by atoms with Crippen LogP contribution in [0.4, 0.5) is 0 Å². The number of likely N-dealkylation sites (tertiary alicyclic amines) is 1. The first kappa shape index (κ1) is 9.96. The Balaban J connectivity index is 2.51. The fraction of sp³-hybridized carbons (Fsp3) is 1.00. The molecule has 2 N–H and O–H groups in total. The Morgan fingerprint density at radius 2 is 2.33 bits per heavy atom. The molecule has 0 aromatic carbocycles. The van der Waals surface area contributed by atoms with E-state index in [-0.39, 0.29) is 12.1 Å². The minimum atomic E-state index is -0.0260. The third-order valence-electron chi connectivity index (χ3n) is 2.62. The Morgan fingerprint density at radius 1 is 1.58 bits per heavy atom. The van der Waals surface area contributed by atoms with E-state index in [2.05, 4.69) is 24.2 Å². The molecule has 1 saturated heterocycles. The summed E-state index contributed by atoms with van der Waals surface area (Å²) in [7, 11) is 2.11. The van der Waals surface area contributed by atoms with Crippen LogP contribution in [0.1, 0.15) is 19.8 Å². The van der Waals surface area contributed by atoms with Crippen LogP contribution < -0.4 is 5.32 Å². The van der Waals surface area contributed by atoms with Gasteiger partial charge in [-0.05, 0) is 33.0 Å². The van der Waals surface area contributed by atoms with Gasteiger partial charge in [-0.3, -0.25) is 0 Å². The zero-order valence-corrected chi connectivity index (χ0v) is 8.14. The molecule has 1 unspecified atom stereocenters. The largest absolute Gasteiger partial charge is 0.394 e. The van der Waals surface area contributed by atoms with Crippen molar-refractivity contribution in [2.75, 3.05) is 33.3 Å². The molecule has 1 heterocycles. The Labute approximate surface area is 74.8 Å². The molecule has 12 heavy (non-hydrogen) atoms. The molecule has 1 aliphatic rings. The van der Waals surface area contributed by atoms with E-state index < -0.39 is 0 Å². The molecule has 3 nitrogen and oxygen atoms in total. The van der Waals surface area contributed by atoms with Crippen molar-refractivity contribution in [2.45, 2.75) is 25.3 Å². The first-order valence-electron chi connectivity index (χ1n) is 4.77. The highest BCUT2D eigenvalue weighted by atomic mass is 16.3. The van der Waals surface area contributed by atoms with Gasteiger partial charge >= 0.3 is 0 Å². The van der Waals surface area contributed by atoms with E-state index >= 15 is 0 Å². The maximum absolute atomic E-state index is 9.30. The molecular weight excluding hydrogens is 152 g/mol. The van der Waals surface area contributed by atoms with Crippen LogP contribution in [0.3, 0.4) is 0 Å². The normalized spacial score (nSPS) is 32.2. The Kier molecular flexibility index (Phi) is 3.50. The van der Waals surface area contributed by atoms with Gasteiger partial charge < -0.3 is 15.3 Å². The summed E-state index contributed by atoms with van der Waals surface area (Å²) in [5, 5.41) is 12.7. The minimum Gasteiger partial charge on any atom is -0.394 e. The molecule has 0 spiro atoms. The number of piperidine rings is 1. The summed E-state index contributed by atoms with van der Waals surface area (Å²) in [4.78, 5) is 2.28. The quantitative estimate of drug-likeness (QED) is 0.631. The second-order valence-corrected chi connectivity index (χ2v) is 3.81. The molecule has 0 saturated carbocycles. The van der Waals surface area contributed by atoms with E-state index in [4.69, 9.17) is 0 Å². The van der Waals surface area contributed by atoms with Crippen LogP contribution in [0, 0.1) is 0 Å². The fourth-order valence-electron chi connectivity index (χ4n) is 2.07. The molecule has 0 aromatic heterocycles. The fourth-order valence-corrected chi connectivity index (χ4v) is 2.07. The number of likely N-dealkylation sites (N-methyl/N-ethyl adjacent to an activating group) is 2. The van der Waals surface area contributed by atoms with Crippen molar-refractivity contribution in [1.82, 2.24) is 10.2 Å². The van der Waals surface area contributed by atoms with Crippen LogP contribution in [-0.2, 0) is 0 Å². The average Bonchev–Trinajstić information content (AvgIpc) is 2.05. The standard InChI is InChI=1S/C9H20N2O/c1-3-10-9(8-12)5-4-6-11(2)7-9/h10,12H,3-8H2,1-2H3. The maximum atomic E-state index is 9.30. The number of aliphatic hydroxyl groups is 1. The minimum absolute atomic E-state index is 0.0260. The van der Waals surface area contributed by atoms with E-state index in [0.717, 1.165) is 26.1 Å². The van der Waals surface area contributed by atoms with Crippen molar-refractivity contribution in [1.29, 1.82) is 0 Å². The van der Waals surface area contributed by atoms with E-state index in [0.29, 0.717) is 0 Å². The summed E-state index contributed by atoms with van der Waals surface area (Å²) in [6.45, 7) is 5.41. The van der Waals surface area contributed by atoms with Crippen molar-refractivity contribution in [2.24, 2.45) is 0 Å². The van der Waals surface area contributed by atoms with Crippen molar-refractivity contribution >= 4 is 0 Å². The number of hydrogen-bond acceptors (Lipinski definition) is 3. The van der Waals surface area contributed by atoms with Crippen molar-refractivity contribution in [3.05, 3.63) is 0 Å². The molecular formula is C9H20N2O. The Hall–Kier alpha value is -0.120. The Morgan fingerprint density at radius 3 is 2.83 bits per heavy atom. The number of aliphatic hydroxyl groups excluding tert-OH is 1. The van der Waals surface area contributed by atoms with Crippen molar-refractivity contribution in [3.63, 3.8) is 0 Å². The van der Waals surface area contributed by atoms with Gasteiger partial charge in [-0.1, -0.05) is 6.92 Å². The van der Waals surface area contributed by atoms with Gasteiger partial charge in [-0.15, -0.1) is 0 Å². The van der Waals surface area contributed by atoms with E-state index in [1.165, 1.54) is 6.42 Å². The highest BCUT2D eigenvalue weighted by Gasteiger charge is 2.32. The number of nitrogens with one attached hydrogen (secondary N) is 1. The monoisotopic (exact) mass is 172 g/mol. The van der Waals surface area contributed by atoms with Gasteiger partial charge in [0.2, 0.25) is 0 Å². The highest BCUT2D eigenvalue weighted by Crippen LogP contribution is 2.19. The van der Waals surface area contributed by atoms with Gasteiger partial charge in [0, 0.05) is 6.54 Å². The third kappa shape index (κ3) is 2.19. The highest BCUT2D eigenvalue weighted by molar-refractivity contribution is 4.92. The van der Waals surface area contributed by atoms with Crippen LogP contribution in [0.5, 0.6) is 0 Å². The molecule has 0 bridgehead atoms.